The molecule has 1 unspecified atom stereocenters. The Kier molecular flexibility index (Phi) is 5.13. The normalized spacial score (nSPS) is 13.1. The van der Waals surface area contributed by atoms with Crippen LogP contribution in [-0.4, -0.2) is 52.0 Å². The minimum absolute atomic E-state index is 0.106. The number of nitrogens with one attached hydrogen (secondary N) is 1. The highest BCUT2D eigenvalue weighted by atomic mass is 32.2. The van der Waals surface area contributed by atoms with E-state index in [9.17, 15) is 22.8 Å². The zero-order chi connectivity index (χ0) is 18.9. The lowest BCUT2D eigenvalue weighted by atomic mass is 10.4. The van der Waals surface area contributed by atoms with Crippen LogP contribution in [0.15, 0.2) is 15.9 Å². The molecule has 0 aliphatic heterocycles. The first-order valence-electron chi connectivity index (χ1n) is 7.24. The number of carbonyl (C=O) groups excluding carboxylic acids is 1. The van der Waals surface area contributed by atoms with Crippen molar-refractivity contribution in [1.29, 1.82) is 0 Å². The van der Waals surface area contributed by atoms with Crippen LogP contribution in [0.1, 0.15) is 6.92 Å². The van der Waals surface area contributed by atoms with Gasteiger partial charge in [-0.3, -0.25) is 18.9 Å². The monoisotopic (exact) mass is 373 g/mol. The molecule has 0 aromatic carbocycles. The van der Waals surface area contributed by atoms with Gasteiger partial charge in [0, 0.05) is 21.2 Å². The fraction of sp³-hybridized carbons (Fsp3) is 0.538. The molecule has 0 aliphatic carbocycles. The summed E-state index contributed by atoms with van der Waals surface area (Å²) < 4.78 is 33.8. The van der Waals surface area contributed by atoms with Gasteiger partial charge in [-0.05, 0) is 6.92 Å². The molecule has 138 valence electrons. The van der Waals surface area contributed by atoms with Gasteiger partial charge in [-0.2, -0.15) is 0 Å². The molecule has 2 heterocycles. The van der Waals surface area contributed by atoms with Gasteiger partial charge < -0.3 is 9.30 Å². The van der Waals surface area contributed by atoms with Crippen LogP contribution in [0.25, 0.3) is 11.2 Å². The van der Waals surface area contributed by atoms with Crippen molar-refractivity contribution < 1.29 is 17.9 Å². The van der Waals surface area contributed by atoms with Crippen molar-refractivity contribution in [2.24, 2.45) is 14.1 Å². The van der Waals surface area contributed by atoms with E-state index in [0.717, 1.165) is 4.57 Å². The summed E-state index contributed by atoms with van der Waals surface area (Å²) in [5, 5.41) is -0.972. The molecule has 0 fully saturated rings. The zero-order valence-corrected chi connectivity index (χ0v) is 15.0. The highest BCUT2D eigenvalue weighted by Crippen LogP contribution is 2.03. The second-order valence-electron chi connectivity index (χ2n) is 5.60. The summed E-state index contributed by atoms with van der Waals surface area (Å²) in [6.07, 6.45) is 1.37. The van der Waals surface area contributed by atoms with Crippen LogP contribution in [0.5, 0.6) is 0 Å². The van der Waals surface area contributed by atoms with Gasteiger partial charge in [0.15, 0.2) is 11.2 Å². The lowest BCUT2D eigenvalue weighted by Gasteiger charge is -2.13. The Morgan fingerprint density at radius 3 is 2.60 bits per heavy atom. The molecule has 11 nitrogen and oxygen atoms in total. The summed E-state index contributed by atoms with van der Waals surface area (Å²) in [7, 11) is 0.327. The molecule has 25 heavy (non-hydrogen) atoms. The third-order valence-corrected chi connectivity index (χ3v) is 5.40. The number of ether oxygens (including phenoxy) is 1. The standard InChI is InChI=1S/C13H19N5O6S/c1-8(6-24-4)25(22,23)15-9(19)5-18-12(20)10-11(14-7-16(10)2)17(3)13(18)21/h7-8H,5-6H2,1-4H3,(H,15,19). The Balaban J connectivity index is 2.38. The second kappa shape index (κ2) is 6.80. The fourth-order valence-corrected chi connectivity index (χ4v) is 3.19. The molecule has 0 aliphatic rings. The van der Waals surface area contributed by atoms with E-state index in [1.165, 1.54) is 32.0 Å². The number of methoxy groups -OCH3 is 1. The van der Waals surface area contributed by atoms with Crippen molar-refractivity contribution in [3.05, 3.63) is 27.2 Å². The van der Waals surface area contributed by atoms with Gasteiger partial charge in [0.25, 0.3) is 11.5 Å². The topological polar surface area (TPSA) is 134 Å². The van der Waals surface area contributed by atoms with Crippen molar-refractivity contribution in [2.75, 3.05) is 13.7 Å². The first-order valence-corrected chi connectivity index (χ1v) is 8.79. The predicted octanol–water partition coefficient (Wildman–Crippen LogP) is -2.09. The highest BCUT2D eigenvalue weighted by Gasteiger charge is 2.24. The zero-order valence-electron chi connectivity index (χ0n) is 14.2. The van der Waals surface area contributed by atoms with Gasteiger partial charge in [0.2, 0.25) is 10.0 Å². The molecular weight excluding hydrogens is 354 g/mol. The van der Waals surface area contributed by atoms with Crippen molar-refractivity contribution in [2.45, 2.75) is 18.7 Å². The number of imidazole rings is 1. The van der Waals surface area contributed by atoms with E-state index in [2.05, 4.69) is 4.98 Å². The van der Waals surface area contributed by atoms with E-state index in [1.54, 1.807) is 7.05 Å². The molecule has 0 saturated carbocycles. The number of sulfonamides is 1. The van der Waals surface area contributed by atoms with Gasteiger partial charge in [0.1, 0.15) is 11.8 Å². The van der Waals surface area contributed by atoms with Crippen LogP contribution >= 0.6 is 0 Å². The Bertz CT molecular complexity index is 1030. The minimum Gasteiger partial charge on any atom is -0.383 e. The third kappa shape index (κ3) is 3.49. The highest BCUT2D eigenvalue weighted by molar-refractivity contribution is 7.90. The maximum atomic E-state index is 12.5. The molecule has 0 saturated heterocycles. The molecule has 1 atom stereocenters. The number of nitrogens with zero attached hydrogens (tertiary/aromatic N) is 4. The van der Waals surface area contributed by atoms with Gasteiger partial charge in [0.05, 0.1) is 12.9 Å². The SMILES string of the molecule is COCC(C)S(=O)(=O)NC(=O)Cn1c(=O)c2c(ncn2C)n(C)c1=O. The smallest absolute Gasteiger partial charge is 0.332 e. The van der Waals surface area contributed by atoms with Crippen LogP contribution < -0.4 is 16.0 Å². The number of rotatable bonds is 6. The molecule has 0 bridgehead atoms. The van der Waals surface area contributed by atoms with Crippen molar-refractivity contribution in [3.8, 4) is 0 Å². The lowest BCUT2D eigenvalue weighted by Crippen LogP contribution is -2.46. The Labute approximate surface area is 142 Å². The third-order valence-electron chi connectivity index (χ3n) is 3.69. The molecule has 12 heteroatoms. The summed E-state index contributed by atoms with van der Waals surface area (Å²) in [6.45, 7) is 0.531. The summed E-state index contributed by atoms with van der Waals surface area (Å²) >= 11 is 0. The summed E-state index contributed by atoms with van der Waals surface area (Å²) in [6, 6.07) is 0. The van der Waals surface area contributed by atoms with E-state index >= 15 is 0 Å². The van der Waals surface area contributed by atoms with Crippen molar-refractivity contribution >= 4 is 27.1 Å². The number of aromatic nitrogens is 4. The van der Waals surface area contributed by atoms with E-state index in [0.29, 0.717) is 4.57 Å². The number of amides is 1. The Morgan fingerprint density at radius 1 is 1.36 bits per heavy atom. The first-order chi connectivity index (χ1) is 11.6. The van der Waals surface area contributed by atoms with Gasteiger partial charge in [-0.15, -0.1) is 0 Å². The molecule has 0 spiro atoms. The maximum Gasteiger partial charge on any atom is 0.332 e. The second-order valence-corrected chi connectivity index (χ2v) is 7.70. The molecule has 1 N–H and O–H groups in total. The number of fused-ring (bicyclic) bond motifs is 1. The van der Waals surface area contributed by atoms with Crippen LogP contribution in [0.3, 0.4) is 0 Å². The van der Waals surface area contributed by atoms with Crippen LogP contribution in [-0.2, 0) is 40.2 Å². The summed E-state index contributed by atoms with van der Waals surface area (Å²) in [5.74, 6) is -0.997. The lowest BCUT2D eigenvalue weighted by molar-refractivity contribution is -0.120. The first kappa shape index (κ1) is 18.9. The average molecular weight is 373 g/mol. The van der Waals surface area contributed by atoms with E-state index in [1.807, 2.05) is 4.72 Å². The van der Waals surface area contributed by atoms with Gasteiger partial charge >= 0.3 is 5.69 Å². The molecule has 2 aromatic heterocycles. The molecule has 2 aromatic rings. The van der Waals surface area contributed by atoms with E-state index in [-0.39, 0.29) is 17.8 Å². The predicted molar refractivity (Wildman–Crippen MR) is 88.6 cm³/mol. The Morgan fingerprint density at radius 2 is 2.00 bits per heavy atom. The summed E-state index contributed by atoms with van der Waals surface area (Å²) in [4.78, 5) is 40.8. The Hall–Kier alpha value is -2.47. The van der Waals surface area contributed by atoms with Crippen LogP contribution in [0.4, 0.5) is 0 Å². The number of hydrogen-bond acceptors (Lipinski definition) is 7. The molecule has 0 radical (unpaired) electrons. The van der Waals surface area contributed by atoms with E-state index < -0.39 is 39.0 Å². The largest absolute Gasteiger partial charge is 0.383 e. The fourth-order valence-electron chi connectivity index (χ4n) is 2.30. The number of aryl methyl sites for hydroxylation is 2. The van der Waals surface area contributed by atoms with Gasteiger partial charge in [-0.1, -0.05) is 0 Å². The summed E-state index contributed by atoms with van der Waals surface area (Å²) in [5.41, 5.74) is -1.19. The quantitative estimate of drug-likeness (QED) is 0.614. The van der Waals surface area contributed by atoms with Gasteiger partial charge in [-0.25, -0.2) is 22.8 Å². The van der Waals surface area contributed by atoms with Crippen LogP contribution in [0, 0.1) is 0 Å². The average Bonchev–Trinajstić information content (AvgIpc) is 2.91. The van der Waals surface area contributed by atoms with Crippen molar-refractivity contribution in [1.82, 2.24) is 23.4 Å². The molecular formula is C13H19N5O6S. The van der Waals surface area contributed by atoms with E-state index in [4.69, 9.17) is 4.74 Å². The van der Waals surface area contributed by atoms with Crippen LogP contribution in [0.2, 0.25) is 0 Å². The van der Waals surface area contributed by atoms with Crippen molar-refractivity contribution in [3.63, 3.8) is 0 Å². The number of hydrogen-bond donors (Lipinski definition) is 1. The molecule has 2 rings (SSSR count). The molecule has 1 amide bonds. The number of carbonyl (C=O) groups is 1. The maximum absolute atomic E-state index is 12.5. The minimum atomic E-state index is -3.98.